The van der Waals surface area contributed by atoms with Gasteiger partial charge in [-0.05, 0) is 81.5 Å². The van der Waals surface area contributed by atoms with Gasteiger partial charge >= 0.3 is 5.97 Å². The minimum atomic E-state index is -4.43. The molecule has 2 aliphatic heterocycles. The molecule has 0 spiro atoms. The summed E-state index contributed by atoms with van der Waals surface area (Å²) in [6.45, 7) is 8.93. The fourth-order valence-electron chi connectivity index (χ4n) is 7.05. The summed E-state index contributed by atoms with van der Waals surface area (Å²) in [4.78, 5) is 12.6. The highest BCUT2D eigenvalue weighted by Crippen LogP contribution is 2.48. The predicted molar refractivity (Wildman–Crippen MR) is 208 cm³/mol. The summed E-state index contributed by atoms with van der Waals surface area (Å²) in [6.07, 6.45) is 16.6. The molecule has 0 saturated heterocycles. The highest BCUT2D eigenvalue weighted by Gasteiger charge is 2.45. The summed E-state index contributed by atoms with van der Waals surface area (Å²) in [5.41, 5.74) is 3.54. The summed E-state index contributed by atoms with van der Waals surface area (Å²) in [7, 11) is -12.9. The molecule has 4 rings (SSSR count). The van der Waals surface area contributed by atoms with E-state index in [4.69, 9.17) is 9.66 Å². The Morgan fingerprint density at radius 1 is 0.722 bits per heavy atom. The lowest BCUT2D eigenvalue weighted by Gasteiger charge is -2.27. The van der Waals surface area contributed by atoms with Crippen molar-refractivity contribution < 1.29 is 53.4 Å². The van der Waals surface area contributed by atoms with Crippen molar-refractivity contribution in [2.45, 2.75) is 93.3 Å². The first-order valence-corrected chi connectivity index (χ1v) is 22.1. The van der Waals surface area contributed by atoms with Crippen LogP contribution in [0.1, 0.15) is 83.8 Å². The molecule has 294 valence electrons. The Kier molecular flexibility index (Phi) is 13.3. The number of hydrogen-bond donors (Lipinski definition) is 4. The van der Waals surface area contributed by atoms with Crippen molar-refractivity contribution in [1.29, 1.82) is 0 Å². The average Bonchev–Trinajstić information content (AvgIpc) is 3.40. The number of carboxylic acid groups (broad SMARTS) is 1. The van der Waals surface area contributed by atoms with E-state index in [9.17, 15) is 39.2 Å². The van der Waals surface area contributed by atoms with E-state index in [1.54, 1.807) is 12.1 Å². The van der Waals surface area contributed by atoms with Crippen LogP contribution in [0.4, 0.5) is 11.4 Å². The lowest BCUT2D eigenvalue weighted by Crippen LogP contribution is -2.28. The minimum absolute atomic E-state index is 0.0857. The van der Waals surface area contributed by atoms with Crippen LogP contribution < -0.4 is 4.90 Å². The fourth-order valence-corrected chi connectivity index (χ4v) is 8.63. The molecule has 16 heteroatoms. The lowest BCUT2D eigenvalue weighted by atomic mass is 9.81. The van der Waals surface area contributed by atoms with Crippen molar-refractivity contribution in [2.75, 3.05) is 23.7 Å². The molecule has 4 N–H and O–H groups in total. The molecule has 54 heavy (non-hydrogen) atoms. The van der Waals surface area contributed by atoms with Crippen LogP contribution in [-0.2, 0) is 46.0 Å². The smallest absolute Gasteiger partial charge is 0.303 e. The molecule has 0 bridgehead atoms. The van der Waals surface area contributed by atoms with E-state index in [-0.39, 0.29) is 22.0 Å². The number of carbonyl (C=O) groups is 1. The van der Waals surface area contributed by atoms with Crippen molar-refractivity contribution in [2.24, 2.45) is 0 Å². The second-order valence-electron chi connectivity index (χ2n) is 14.5. The number of rotatable bonds is 18. The van der Waals surface area contributed by atoms with Gasteiger partial charge in [0.1, 0.15) is 6.54 Å². The van der Waals surface area contributed by atoms with E-state index in [1.807, 2.05) is 75.1 Å². The Morgan fingerprint density at radius 3 is 1.94 bits per heavy atom. The number of allylic oxidation sites excluding steroid dienone is 8. The molecule has 0 amide bonds. The van der Waals surface area contributed by atoms with Gasteiger partial charge in [-0.1, -0.05) is 50.6 Å². The van der Waals surface area contributed by atoms with Crippen LogP contribution in [0.25, 0.3) is 0 Å². The van der Waals surface area contributed by atoms with Crippen molar-refractivity contribution in [3.8, 4) is 0 Å². The maximum atomic E-state index is 11.9. The summed E-state index contributed by atoms with van der Waals surface area (Å²) >= 11 is 0. The van der Waals surface area contributed by atoms with E-state index in [2.05, 4.69) is 4.58 Å². The van der Waals surface area contributed by atoms with Gasteiger partial charge in [0.15, 0.2) is 5.71 Å². The normalized spacial score (nSPS) is 17.8. The Morgan fingerprint density at radius 2 is 1.31 bits per heavy atom. The van der Waals surface area contributed by atoms with Gasteiger partial charge in [-0.25, -0.2) is 0 Å². The number of anilines is 1. The van der Waals surface area contributed by atoms with E-state index < -0.39 is 47.2 Å². The lowest BCUT2D eigenvalue weighted by molar-refractivity contribution is -0.438. The van der Waals surface area contributed by atoms with Crippen molar-refractivity contribution in [3.63, 3.8) is 0 Å². The molecule has 13 nitrogen and oxygen atoms in total. The average molecular weight is 806 g/mol. The van der Waals surface area contributed by atoms with Crippen molar-refractivity contribution in [1.82, 2.24) is 0 Å². The van der Waals surface area contributed by atoms with Crippen LogP contribution in [0.2, 0.25) is 0 Å². The summed E-state index contributed by atoms with van der Waals surface area (Å²) < 4.78 is 101. The molecule has 2 aromatic carbocycles. The third kappa shape index (κ3) is 10.4. The SMILES string of the molecule is CC1(C)C(/C=C/C=C/C=C/C=C2/N(CCCCCS(=O)(=O)O)c3ccc(S(=O)(=O)O)cc3C2(C)C)=[N+](CCCCCC(=O)O)c2ccc(S(=O)(=O)O)cc21. The van der Waals surface area contributed by atoms with Gasteiger partial charge in [0.25, 0.3) is 30.4 Å². The van der Waals surface area contributed by atoms with Crippen LogP contribution >= 0.6 is 0 Å². The molecule has 0 unspecified atom stereocenters. The van der Waals surface area contributed by atoms with E-state index in [0.29, 0.717) is 57.2 Å². The summed E-state index contributed by atoms with van der Waals surface area (Å²) in [5, 5.41) is 9.00. The molecule has 0 atom stereocenters. The Labute approximate surface area is 318 Å². The first-order chi connectivity index (χ1) is 25.0. The highest BCUT2D eigenvalue weighted by molar-refractivity contribution is 7.86. The van der Waals surface area contributed by atoms with Gasteiger partial charge in [0.05, 0.1) is 21.0 Å². The number of fused-ring (bicyclic) bond motifs is 2. The first kappa shape index (κ1) is 42.8. The monoisotopic (exact) mass is 805 g/mol. The molecule has 0 aliphatic carbocycles. The molecule has 2 aliphatic rings. The molecule has 2 heterocycles. The molecule has 2 aromatic rings. The Bertz CT molecular complexity index is 2250. The number of benzene rings is 2. The van der Waals surface area contributed by atoms with E-state index in [1.165, 1.54) is 24.3 Å². The Balaban J connectivity index is 1.57. The largest absolute Gasteiger partial charge is 0.481 e. The van der Waals surface area contributed by atoms with E-state index in [0.717, 1.165) is 28.3 Å². The zero-order chi connectivity index (χ0) is 40.1. The maximum absolute atomic E-state index is 11.9. The van der Waals surface area contributed by atoms with Crippen molar-refractivity contribution >= 4 is 53.4 Å². The van der Waals surface area contributed by atoms with Crippen LogP contribution in [0.5, 0.6) is 0 Å². The quantitative estimate of drug-likeness (QED) is 0.0544. The molecule has 0 saturated carbocycles. The van der Waals surface area contributed by atoms with Gasteiger partial charge in [-0.15, -0.1) is 0 Å². The number of nitrogens with zero attached hydrogens (tertiary/aromatic N) is 2. The second-order valence-corrected chi connectivity index (χ2v) is 18.9. The van der Waals surface area contributed by atoms with Crippen LogP contribution in [0, 0.1) is 0 Å². The maximum Gasteiger partial charge on any atom is 0.303 e. The molecular weight excluding hydrogens is 757 g/mol. The van der Waals surface area contributed by atoms with Gasteiger partial charge in [-0.2, -0.15) is 29.8 Å². The zero-order valence-corrected chi connectivity index (χ0v) is 33.3. The Hall–Kier alpha value is -3.93. The number of carboxylic acids is 1. The van der Waals surface area contributed by atoms with Crippen molar-refractivity contribution in [3.05, 3.63) is 95.8 Å². The van der Waals surface area contributed by atoms with E-state index >= 15 is 0 Å². The number of hydrogen-bond acceptors (Lipinski definition) is 8. The molecule has 0 radical (unpaired) electrons. The molecule has 0 fully saturated rings. The van der Waals surface area contributed by atoms with Gasteiger partial charge < -0.3 is 10.0 Å². The zero-order valence-electron chi connectivity index (χ0n) is 30.8. The topological polar surface area (TPSA) is 207 Å². The third-order valence-corrected chi connectivity index (χ3v) is 12.3. The minimum Gasteiger partial charge on any atom is -0.481 e. The van der Waals surface area contributed by atoms with Gasteiger partial charge in [0.2, 0.25) is 5.69 Å². The van der Waals surface area contributed by atoms with Gasteiger partial charge in [0, 0.05) is 53.9 Å². The molecular formula is C38H49N2O11S3+. The van der Waals surface area contributed by atoms with Crippen LogP contribution in [-0.4, -0.2) is 79.1 Å². The first-order valence-electron chi connectivity index (χ1n) is 17.6. The fraction of sp³-hybridized carbons (Fsp3) is 0.421. The molecule has 0 aromatic heterocycles. The predicted octanol–water partition coefficient (Wildman–Crippen LogP) is 6.61. The summed E-state index contributed by atoms with van der Waals surface area (Å²) in [6, 6.07) is 9.01. The van der Waals surface area contributed by atoms with Crippen LogP contribution in [0.3, 0.4) is 0 Å². The van der Waals surface area contributed by atoms with Crippen LogP contribution in [0.15, 0.2) is 94.4 Å². The highest BCUT2D eigenvalue weighted by atomic mass is 32.2. The number of unbranched alkanes of at least 4 members (excludes halogenated alkanes) is 4. The summed E-state index contributed by atoms with van der Waals surface area (Å²) in [5.74, 6) is -1.17. The van der Waals surface area contributed by atoms with Gasteiger partial charge in [-0.3, -0.25) is 18.5 Å². The second kappa shape index (κ2) is 16.8. The standard InChI is InChI=1S/C38H48N2O11S3/c1-37(2)30-26-28(53(46,47)48)19-21-32(30)39(23-13-8-12-18-36(41)42)34(37)16-10-6-5-7-11-17-35-38(3,4)31-27-29(54(49,50)51)20-22-33(31)40(35)24-14-9-15-25-52(43,44)45/h5-7,10-11,16-17,19-22,26-27H,8-9,12-15,18,23-25H2,1-4H3,(H3-,41,42,43,44,45,46,47,48,49,50,51)/p+1. The third-order valence-electron chi connectivity index (χ3n) is 9.83. The number of aliphatic carboxylic acids is 1.